The predicted octanol–water partition coefficient (Wildman–Crippen LogP) is 4.60. The Morgan fingerprint density at radius 1 is 0.885 bits per heavy atom. The second-order valence-electron chi connectivity index (χ2n) is 5.85. The maximum Gasteiger partial charge on any atom is 0.229 e. The van der Waals surface area contributed by atoms with Crippen molar-refractivity contribution in [2.24, 2.45) is 0 Å². The molecule has 0 saturated heterocycles. The first kappa shape index (κ1) is 17.5. The summed E-state index contributed by atoms with van der Waals surface area (Å²) in [5, 5.41) is 6.56. The van der Waals surface area contributed by atoms with E-state index in [9.17, 15) is 0 Å². The van der Waals surface area contributed by atoms with Gasteiger partial charge in [0.15, 0.2) is 0 Å². The molecule has 26 heavy (non-hydrogen) atoms. The van der Waals surface area contributed by atoms with Crippen LogP contribution in [0.25, 0.3) is 0 Å². The molecule has 2 aromatic carbocycles. The second-order valence-corrected chi connectivity index (χ2v) is 5.85. The second kappa shape index (κ2) is 7.74. The Labute approximate surface area is 153 Å². The van der Waals surface area contributed by atoms with E-state index in [2.05, 4.69) is 46.6 Å². The largest absolute Gasteiger partial charge is 0.497 e. The van der Waals surface area contributed by atoms with Crippen molar-refractivity contribution in [3.05, 3.63) is 59.8 Å². The Balaban J connectivity index is 1.86. The van der Waals surface area contributed by atoms with Gasteiger partial charge in [-0.2, -0.15) is 4.98 Å². The SMILES string of the molecule is COc1ccc(OC)c(Nc2ccnc(Nc3c(C)cccc3C)n2)c1. The van der Waals surface area contributed by atoms with Crippen LogP contribution < -0.4 is 20.1 Å². The van der Waals surface area contributed by atoms with Gasteiger partial charge in [-0.1, -0.05) is 18.2 Å². The minimum atomic E-state index is 0.522. The summed E-state index contributed by atoms with van der Waals surface area (Å²) >= 11 is 0. The summed E-state index contributed by atoms with van der Waals surface area (Å²) in [7, 11) is 3.25. The molecule has 1 aromatic heterocycles. The molecule has 0 aliphatic rings. The molecule has 3 aromatic rings. The summed E-state index contributed by atoms with van der Waals surface area (Å²) in [6, 6.07) is 13.5. The van der Waals surface area contributed by atoms with Crippen molar-refractivity contribution >= 4 is 23.1 Å². The van der Waals surface area contributed by atoms with Crippen LogP contribution >= 0.6 is 0 Å². The van der Waals surface area contributed by atoms with Crippen molar-refractivity contribution in [3.8, 4) is 11.5 Å². The lowest BCUT2D eigenvalue weighted by Crippen LogP contribution is -2.03. The molecule has 134 valence electrons. The number of nitrogens with zero attached hydrogens (tertiary/aromatic N) is 2. The van der Waals surface area contributed by atoms with Crippen LogP contribution in [0, 0.1) is 13.8 Å². The number of aryl methyl sites for hydroxylation is 2. The van der Waals surface area contributed by atoms with Gasteiger partial charge in [-0.25, -0.2) is 4.98 Å². The van der Waals surface area contributed by atoms with Gasteiger partial charge < -0.3 is 20.1 Å². The van der Waals surface area contributed by atoms with Gasteiger partial charge in [0.2, 0.25) is 5.95 Å². The number of aromatic nitrogens is 2. The fourth-order valence-corrected chi connectivity index (χ4v) is 2.66. The van der Waals surface area contributed by atoms with E-state index in [1.165, 1.54) is 0 Å². The Morgan fingerprint density at radius 3 is 2.35 bits per heavy atom. The lowest BCUT2D eigenvalue weighted by Gasteiger charge is -2.14. The van der Waals surface area contributed by atoms with E-state index < -0.39 is 0 Å². The molecule has 2 N–H and O–H groups in total. The molecule has 0 aliphatic heterocycles. The van der Waals surface area contributed by atoms with Crippen LogP contribution in [-0.4, -0.2) is 24.2 Å². The van der Waals surface area contributed by atoms with Crippen molar-refractivity contribution in [2.75, 3.05) is 24.9 Å². The van der Waals surface area contributed by atoms with E-state index in [-0.39, 0.29) is 0 Å². The van der Waals surface area contributed by atoms with E-state index >= 15 is 0 Å². The molecule has 0 aliphatic carbocycles. The smallest absolute Gasteiger partial charge is 0.229 e. The number of para-hydroxylation sites is 1. The number of benzene rings is 2. The molecular weight excluding hydrogens is 328 g/mol. The summed E-state index contributed by atoms with van der Waals surface area (Å²) in [5.74, 6) is 2.61. The molecule has 0 atom stereocenters. The molecule has 6 nitrogen and oxygen atoms in total. The zero-order chi connectivity index (χ0) is 18.5. The van der Waals surface area contributed by atoms with E-state index in [1.807, 2.05) is 24.3 Å². The predicted molar refractivity (Wildman–Crippen MR) is 104 cm³/mol. The van der Waals surface area contributed by atoms with Crippen molar-refractivity contribution < 1.29 is 9.47 Å². The lowest BCUT2D eigenvalue weighted by molar-refractivity contribution is 0.405. The Hall–Kier alpha value is -3.28. The van der Waals surface area contributed by atoms with Crippen molar-refractivity contribution in [2.45, 2.75) is 13.8 Å². The molecule has 1 heterocycles. The molecule has 3 rings (SSSR count). The van der Waals surface area contributed by atoms with Gasteiger partial charge in [-0.15, -0.1) is 0 Å². The minimum Gasteiger partial charge on any atom is -0.497 e. The molecule has 0 spiro atoms. The molecule has 0 radical (unpaired) electrons. The molecule has 6 heteroatoms. The molecule has 0 unspecified atom stereocenters. The van der Waals surface area contributed by atoms with Crippen LogP contribution in [0.2, 0.25) is 0 Å². The summed E-state index contributed by atoms with van der Waals surface area (Å²) in [5.41, 5.74) is 4.06. The quantitative estimate of drug-likeness (QED) is 0.677. The van der Waals surface area contributed by atoms with Crippen LogP contribution in [-0.2, 0) is 0 Å². The number of hydrogen-bond acceptors (Lipinski definition) is 6. The van der Waals surface area contributed by atoms with Crippen molar-refractivity contribution in [1.29, 1.82) is 0 Å². The van der Waals surface area contributed by atoms with Crippen LogP contribution in [0.3, 0.4) is 0 Å². The van der Waals surface area contributed by atoms with Gasteiger partial charge in [-0.05, 0) is 43.2 Å². The van der Waals surface area contributed by atoms with Gasteiger partial charge in [-0.3, -0.25) is 0 Å². The van der Waals surface area contributed by atoms with Gasteiger partial charge in [0.05, 0.1) is 19.9 Å². The van der Waals surface area contributed by atoms with E-state index in [0.717, 1.165) is 28.3 Å². The molecule has 0 amide bonds. The Morgan fingerprint density at radius 2 is 1.65 bits per heavy atom. The van der Waals surface area contributed by atoms with Crippen molar-refractivity contribution in [3.63, 3.8) is 0 Å². The third kappa shape index (κ3) is 3.85. The number of ether oxygens (including phenoxy) is 2. The summed E-state index contributed by atoms with van der Waals surface area (Å²) in [4.78, 5) is 8.86. The van der Waals surface area contributed by atoms with Gasteiger partial charge in [0, 0.05) is 18.0 Å². The first-order chi connectivity index (χ1) is 12.6. The fraction of sp³-hybridized carbons (Fsp3) is 0.200. The summed E-state index contributed by atoms with van der Waals surface area (Å²) in [6.45, 7) is 4.11. The van der Waals surface area contributed by atoms with E-state index in [1.54, 1.807) is 26.5 Å². The molecule has 0 bridgehead atoms. The van der Waals surface area contributed by atoms with Crippen LogP contribution in [0.1, 0.15) is 11.1 Å². The zero-order valence-corrected chi connectivity index (χ0v) is 15.3. The third-order valence-electron chi connectivity index (χ3n) is 4.04. The first-order valence-electron chi connectivity index (χ1n) is 8.26. The lowest BCUT2D eigenvalue weighted by atomic mass is 10.1. The van der Waals surface area contributed by atoms with E-state index in [0.29, 0.717) is 17.5 Å². The Kier molecular flexibility index (Phi) is 5.22. The number of rotatable bonds is 6. The first-order valence-corrected chi connectivity index (χ1v) is 8.26. The van der Waals surface area contributed by atoms with Gasteiger partial charge >= 0.3 is 0 Å². The topological polar surface area (TPSA) is 68.3 Å². The van der Waals surface area contributed by atoms with Crippen LogP contribution in [0.5, 0.6) is 11.5 Å². The van der Waals surface area contributed by atoms with Crippen molar-refractivity contribution in [1.82, 2.24) is 9.97 Å². The average Bonchev–Trinajstić information content (AvgIpc) is 2.65. The zero-order valence-electron chi connectivity index (χ0n) is 15.3. The maximum absolute atomic E-state index is 5.40. The number of anilines is 4. The standard InChI is InChI=1S/C20H22N4O2/c1-13-6-5-7-14(2)19(13)24-20-21-11-10-18(23-20)22-16-12-15(25-3)8-9-17(16)26-4/h5-12H,1-4H3,(H2,21,22,23,24). The van der Waals surface area contributed by atoms with Crippen LogP contribution in [0.4, 0.5) is 23.1 Å². The molecule has 0 fully saturated rings. The third-order valence-corrected chi connectivity index (χ3v) is 4.04. The summed E-state index contributed by atoms with van der Waals surface area (Å²) in [6.07, 6.45) is 1.71. The number of nitrogens with one attached hydrogen (secondary N) is 2. The molecule has 0 saturated carbocycles. The normalized spacial score (nSPS) is 10.3. The average molecular weight is 350 g/mol. The monoisotopic (exact) mass is 350 g/mol. The molecular formula is C20H22N4O2. The highest BCUT2D eigenvalue weighted by molar-refractivity contribution is 5.68. The maximum atomic E-state index is 5.40. The van der Waals surface area contributed by atoms with Gasteiger partial charge in [0.1, 0.15) is 17.3 Å². The highest BCUT2D eigenvalue weighted by Gasteiger charge is 2.08. The van der Waals surface area contributed by atoms with Gasteiger partial charge in [0.25, 0.3) is 0 Å². The Bertz CT molecular complexity index is 892. The summed E-state index contributed by atoms with van der Waals surface area (Å²) < 4.78 is 10.7. The van der Waals surface area contributed by atoms with Crippen LogP contribution in [0.15, 0.2) is 48.7 Å². The highest BCUT2D eigenvalue weighted by Crippen LogP contribution is 2.31. The number of methoxy groups -OCH3 is 2. The van der Waals surface area contributed by atoms with E-state index in [4.69, 9.17) is 9.47 Å². The minimum absolute atomic E-state index is 0.522. The fourth-order valence-electron chi connectivity index (χ4n) is 2.66. The number of hydrogen-bond donors (Lipinski definition) is 2. The highest BCUT2D eigenvalue weighted by atomic mass is 16.5.